The van der Waals surface area contributed by atoms with Gasteiger partial charge in [-0.1, -0.05) is 12.1 Å². The first-order valence-corrected chi connectivity index (χ1v) is 9.40. The lowest BCUT2D eigenvalue weighted by atomic mass is 10.1. The first kappa shape index (κ1) is 17.9. The van der Waals surface area contributed by atoms with E-state index in [9.17, 15) is 13.2 Å². The van der Waals surface area contributed by atoms with E-state index in [4.69, 9.17) is 4.74 Å². The Morgan fingerprint density at radius 1 is 1.25 bits per heavy atom. The van der Waals surface area contributed by atoms with Crippen LogP contribution in [0.3, 0.4) is 0 Å². The number of nitrogens with one attached hydrogen (secondary N) is 1. The summed E-state index contributed by atoms with van der Waals surface area (Å²) in [5.74, 6) is -0.0108. The SMILES string of the molecule is CCOc1ncccc1C(=O)NC(C)c1ccc(S(C)(=O)=O)cc1. The summed E-state index contributed by atoms with van der Waals surface area (Å²) in [5.41, 5.74) is 1.16. The molecule has 24 heavy (non-hydrogen) atoms. The van der Waals surface area contributed by atoms with Crippen LogP contribution < -0.4 is 10.1 Å². The summed E-state index contributed by atoms with van der Waals surface area (Å²) in [6, 6.07) is 9.46. The Morgan fingerprint density at radius 2 is 1.92 bits per heavy atom. The van der Waals surface area contributed by atoms with E-state index in [2.05, 4.69) is 10.3 Å². The minimum atomic E-state index is -3.24. The van der Waals surface area contributed by atoms with E-state index in [0.717, 1.165) is 11.8 Å². The number of ether oxygens (including phenoxy) is 1. The van der Waals surface area contributed by atoms with Crippen molar-refractivity contribution in [2.45, 2.75) is 24.8 Å². The molecule has 0 bridgehead atoms. The van der Waals surface area contributed by atoms with E-state index in [0.29, 0.717) is 12.2 Å². The van der Waals surface area contributed by atoms with Crippen molar-refractivity contribution in [2.24, 2.45) is 0 Å². The fraction of sp³-hybridized carbons (Fsp3) is 0.294. The molecule has 1 aromatic carbocycles. The third kappa shape index (κ3) is 4.32. The van der Waals surface area contributed by atoms with Gasteiger partial charge in [0.2, 0.25) is 5.88 Å². The van der Waals surface area contributed by atoms with Crippen molar-refractivity contribution in [2.75, 3.05) is 12.9 Å². The normalized spacial score (nSPS) is 12.5. The Hall–Kier alpha value is -2.41. The van der Waals surface area contributed by atoms with Gasteiger partial charge in [-0.05, 0) is 43.7 Å². The van der Waals surface area contributed by atoms with Gasteiger partial charge in [-0.3, -0.25) is 4.79 Å². The zero-order chi connectivity index (χ0) is 17.7. The van der Waals surface area contributed by atoms with Crippen molar-refractivity contribution >= 4 is 15.7 Å². The van der Waals surface area contributed by atoms with Crippen LogP contribution in [0.2, 0.25) is 0 Å². The standard InChI is InChI=1S/C17H20N2O4S/c1-4-23-17-15(6-5-11-18-17)16(20)19-12(2)13-7-9-14(10-8-13)24(3,21)22/h5-12H,4H2,1-3H3,(H,19,20). The van der Waals surface area contributed by atoms with Crippen LogP contribution in [0, 0.1) is 0 Å². The molecule has 0 spiro atoms. The molecular formula is C17H20N2O4S. The van der Waals surface area contributed by atoms with Crippen LogP contribution in [-0.2, 0) is 9.84 Å². The highest BCUT2D eigenvalue weighted by Crippen LogP contribution is 2.19. The number of amides is 1. The molecule has 0 saturated carbocycles. The molecule has 0 fully saturated rings. The highest BCUT2D eigenvalue weighted by molar-refractivity contribution is 7.90. The summed E-state index contributed by atoms with van der Waals surface area (Å²) in [5, 5.41) is 2.86. The quantitative estimate of drug-likeness (QED) is 0.866. The zero-order valence-electron chi connectivity index (χ0n) is 13.8. The predicted molar refractivity (Wildman–Crippen MR) is 90.8 cm³/mol. The number of carbonyl (C=O) groups excluding carboxylic acids is 1. The molecule has 7 heteroatoms. The van der Waals surface area contributed by atoms with Crippen LogP contribution in [0.4, 0.5) is 0 Å². The average molecular weight is 348 g/mol. The topological polar surface area (TPSA) is 85.4 Å². The fourth-order valence-corrected chi connectivity index (χ4v) is 2.81. The first-order valence-electron chi connectivity index (χ1n) is 7.51. The minimum absolute atomic E-state index is 0.246. The third-order valence-electron chi connectivity index (χ3n) is 3.45. The summed E-state index contributed by atoms with van der Waals surface area (Å²) in [6.07, 6.45) is 2.72. The third-order valence-corrected chi connectivity index (χ3v) is 4.58. The molecular weight excluding hydrogens is 328 g/mol. The first-order chi connectivity index (χ1) is 11.3. The average Bonchev–Trinajstić information content (AvgIpc) is 2.55. The van der Waals surface area contributed by atoms with Gasteiger partial charge in [0, 0.05) is 12.5 Å². The largest absolute Gasteiger partial charge is 0.477 e. The van der Waals surface area contributed by atoms with E-state index >= 15 is 0 Å². The van der Waals surface area contributed by atoms with Crippen LogP contribution >= 0.6 is 0 Å². The number of hydrogen-bond acceptors (Lipinski definition) is 5. The van der Waals surface area contributed by atoms with Crippen LogP contribution in [0.25, 0.3) is 0 Å². The van der Waals surface area contributed by atoms with E-state index < -0.39 is 9.84 Å². The van der Waals surface area contributed by atoms with Gasteiger partial charge < -0.3 is 10.1 Å². The Morgan fingerprint density at radius 3 is 2.50 bits per heavy atom. The van der Waals surface area contributed by atoms with Crippen LogP contribution in [0.1, 0.15) is 35.8 Å². The van der Waals surface area contributed by atoms with Crippen molar-refractivity contribution in [3.05, 3.63) is 53.7 Å². The molecule has 2 rings (SSSR count). The molecule has 1 unspecified atom stereocenters. The molecule has 1 amide bonds. The molecule has 0 aliphatic heterocycles. The Balaban J connectivity index is 2.14. The second kappa shape index (κ2) is 7.44. The Bertz CT molecular complexity index is 817. The molecule has 1 N–H and O–H groups in total. The fourth-order valence-electron chi connectivity index (χ4n) is 2.18. The lowest BCUT2D eigenvalue weighted by Gasteiger charge is -2.16. The van der Waals surface area contributed by atoms with E-state index in [-0.39, 0.29) is 22.7 Å². The van der Waals surface area contributed by atoms with Crippen LogP contribution in [0.5, 0.6) is 5.88 Å². The monoisotopic (exact) mass is 348 g/mol. The number of pyridine rings is 1. The van der Waals surface area contributed by atoms with Crippen molar-refractivity contribution in [3.8, 4) is 5.88 Å². The molecule has 0 aliphatic rings. The van der Waals surface area contributed by atoms with E-state index in [1.165, 1.54) is 12.1 Å². The zero-order valence-corrected chi connectivity index (χ0v) is 14.6. The smallest absolute Gasteiger partial charge is 0.257 e. The maximum absolute atomic E-state index is 12.4. The molecule has 0 saturated heterocycles. The highest BCUT2D eigenvalue weighted by atomic mass is 32.2. The number of rotatable bonds is 6. The summed E-state index contributed by atoms with van der Waals surface area (Å²) in [4.78, 5) is 16.7. The molecule has 0 radical (unpaired) electrons. The minimum Gasteiger partial charge on any atom is -0.477 e. The van der Waals surface area contributed by atoms with Crippen molar-refractivity contribution in [1.29, 1.82) is 0 Å². The predicted octanol–water partition coefficient (Wildman–Crippen LogP) is 2.37. The van der Waals surface area contributed by atoms with Gasteiger partial charge in [-0.2, -0.15) is 0 Å². The molecule has 0 aliphatic carbocycles. The number of nitrogens with zero attached hydrogens (tertiary/aromatic N) is 1. The number of aromatic nitrogens is 1. The van der Waals surface area contributed by atoms with Gasteiger partial charge in [-0.25, -0.2) is 13.4 Å². The summed E-state index contributed by atoms with van der Waals surface area (Å²) >= 11 is 0. The second-order valence-corrected chi connectivity index (χ2v) is 7.34. The van der Waals surface area contributed by atoms with Gasteiger partial charge in [0.25, 0.3) is 5.91 Å². The van der Waals surface area contributed by atoms with Crippen molar-refractivity contribution in [1.82, 2.24) is 10.3 Å². The Labute approximate surface area is 141 Å². The Kier molecular flexibility index (Phi) is 5.56. The molecule has 6 nitrogen and oxygen atoms in total. The highest BCUT2D eigenvalue weighted by Gasteiger charge is 2.17. The van der Waals surface area contributed by atoms with Gasteiger partial charge >= 0.3 is 0 Å². The molecule has 1 atom stereocenters. The summed E-state index contributed by atoms with van der Waals surface area (Å²) in [6.45, 7) is 4.06. The number of hydrogen-bond donors (Lipinski definition) is 1. The maximum atomic E-state index is 12.4. The van der Waals surface area contributed by atoms with Crippen LogP contribution in [0.15, 0.2) is 47.5 Å². The van der Waals surface area contributed by atoms with E-state index in [1.54, 1.807) is 30.5 Å². The molecule has 128 valence electrons. The van der Waals surface area contributed by atoms with Crippen LogP contribution in [-0.4, -0.2) is 32.2 Å². The number of benzene rings is 1. The summed E-state index contributed by atoms with van der Waals surface area (Å²) in [7, 11) is -3.24. The van der Waals surface area contributed by atoms with Gasteiger partial charge in [0.15, 0.2) is 9.84 Å². The van der Waals surface area contributed by atoms with Crippen molar-refractivity contribution in [3.63, 3.8) is 0 Å². The molecule has 2 aromatic rings. The lowest BCUT2D eigenvalue weighted by molar-refractivity contribution is 0.0935. The molecule has 1 aromatic heterocycles. The van der Waals surface area contributed by atoms with Gasteiger partial charge in [0.1, 0.15) is 5.56 Å². The lowest BCUT2D eigenvalue weighted by Crippen LogP contribution is -2.27. The summed E-state index contributed by atoms with van der Waals surface area (Å²) < 4.78 is 28.3. The maximum Gasteiger partial charge on any atom is 0.257 e. The number of carbonyl (C=O) groups is 1. The second-order valence-electron chi connectivity index (χ2n) is 5.33. The number of sulfone groups is 1. The van der Waals surface area contributed by atoms with E-state index in [1.807, 2.05) is 13.8 Å². The van der Waals surface area contributed by atoms with Gasteiger partial charge in [-0.15, -0.1) is 0 Å². The van der Waals surface area contributed by atoms with Crippen molar-refractivity contribution < 1.29 is 17.9 Å². The van der Waals surface area contributed by atoms with Gasteiger partial charge in [0.05, 0.1) is 17.5 Å². The molecule has 1 heterocycles.